The third-order valence-electron chi connectivity index (χ3n) is 5.54. The number of ether oxygens (including phenoxy) is 1. The van der Waals surface area contributed by atoms with E-state index in [2.05, 4.69) is 78.1 Å². The van der Waals surface area contributed by atoms with Crippen LogP contribution in [0.2, 0.25) is 0 Å². The van der Waals surface area contributed by atoms with Crippen molar-refractivity contribution < 1.29 is 9.15 Å². The summed E-state index contributed by atoms with van der Waals surface area (Å²) < 4.78 is 12.5. The van der Waals surface area contributed by atoms with Crippen LogP contribution in [-0.2, 0) is 16.8 Å². The van der Waals surface area contributed by atoms with E-state index in [1.807, 2.05) is 24.3 Å². The Bertz CT molecular complexity index is 1020. The van der Waals surface area contributed by atoms with E-state index in [4.69, 9.17) is 9.15 Å². The van der Waals surface area contributed by atoms with Crippen LogP contribution < -0.4 is 5.32 Å². The molecule has 5 rings (SSSR count). The summed E-state index contributed by atoms with van der Waals surface area (Å²) in [4.78, 5) is 0. The fourth-order valence-electron chi connectivity index (χ4n) is 4.21. The van der Waals surface area contributed by atoms with E-state index in [0.29, 0.717) is 0 Å². The van der Waals surface area contributed by atoms with Gasteiger partial charge < -0.3 is 14.5 Å². The number of hydrogen-bond donors (Lipinski definition) is 1. The highest BCUT2D eigenvalue weighted by Crippen LogP contribution is 2.47. The van der Waals surface area contributed by atoms with Gasteiger partial charge in [-0.05, 0) is 35.7 Å². The number of rotatable bonds is 5. The van der Waals surface area contributed by atoms with E-state index in [0.717, 1.165) is 41.0 Å². The SMILES string of the molecule is c1ccc(C2(c3ccccc3)OC(CCc3ccco3)Nc3ccccc32)cc1. The van der Waals surface area contributed by atoms with E-state index in [1.165, 1.54) is 0 Å². The average molecular weight is 381 g/mol. The van der Waals surface area contributed by atoms with Crippen LogP contribution in [0.15, 0.2) is 108 Å². The Kier molecular flexibility index (Phi) is 4.66. The lowest BCUT2D eigenvalue weighted by molar-refractivity contribution is -0.0449. The molecule has 0 bridgehead atoms. The number of para-hydroxylation sites is 1. The van der Waals surface area contributed by atoms with Crippen molar-refractivity contribution in [3.63, 3.8) is 0 Å². The Balaban J connectivity index is 1.63. The summed E-state index contributed by atoms with van der Waals surface area (Å²) in [5, 5.41) is 3.59. The molecule has 4 aromatic rings. The molecule has 1 N–H and O–H groups in total. The van der Waals surface area contributed by atoms with Gasteiger partial charge >= 0.3 is 0 Å². The molecule has 0 saturated carbocycles. The molecule has 1 atom stereocenters. The molecule has 1 aromatic heterocycles. The van der Waals surface area contributed by atoms with Crippen LogP contribution >= 0.6 is 0 Å². The number of benzene rings is 3. The lowest BCUT2D eigenvalue weighted by atomic mass is 9.78. The molecule has 0 aliphatic carbocycles. The van der Waals surface area contributed by atoms with Crippen LogP contribution in [0.4, 0.5) is 5.69 Å². The van der Waals surface area contributed by atoms with Crippen molar-refractivity contribution >= 4 is 5.69 Å². The topological polar surface area (TPSA) is 34.4 Å². The van der Waals surface area contributed by atoms with Gasteiger partial charge in [0.25, 0.3) is 0 Å². The van der Waals surface area contributed by atoms with Crippen LogP contribution in [0, 0.1) is 0 Å². The molecule has 0 spiro atoms. The summed E-state index contributed by atoms with van der Waals surface area (Å²) in [5.74, 6) is 0.972. The average Bonchev–Trinajstić information content (AvgIpc) is 3.32. The fourth-order valence-corrected chi connectivity index (χ4v) is 4.21. The number of hydrogen-bond acceptors (Lipinski definition) is 3. The number of anilines is 1. The fraction of sp³-hybridized carbons (Fsp3) is 0.154. The van der Waals surface area contributed by atoms with Crippen LogP contribution in [0.1, 0.15) is 28.9 Å². The lowest BCUT2D eigenvalue weighted by Crippen LogP contribution is -2.44. The second kappa shape index (κ2) is 7.61. The summed E-state index contributed by atoms with van der Waals surface area (Å²) >= 11 is 0. The van der Waals surface area contributed by atoms with E-state index < -0.39 is 5.60 Å². The molecule has 1 aliphatic heterocycles. The molecular formula is C26H23NO2. The zero-order chi connectivity index (χ0) is 19.5. The van der Waals surface area contributed by atoms with Crippen molar-refractivity contribution in [2.45, 2.75) is 24.7 Å². The Labute approximate surface area is 171 Å². The minimum absolute atomic E-state index is 0.143. The van der Waals surface area contributed by atoms with Gasteiger partial charge in [0.2, 0.25) is 0 Å². The van der Waals surface area contributed by atoms with Crippen molar-refractivity contribution in [3.8, 4) is 0 Å². The molecule has 2 heterocycles. The second-order valence-electron chi connectivity index (χ2n) is 7.33. The summed E-state index contributed by atoms with van der Waals surface area (Å²) in [6, 6.07) is 33.4. The predicted octanol–water partition coefficient (Wildman–Crippen LogP) is 5.97. The Morgan fingerprint density at radius 1 is 0.724 bits per heavy atom. The minimum atomic E-state index is -0.668. The molecule has 0 radical (unpaired) electrons. The molecule has 0 fully saturated rings. The van der Waals surface area contributed by atoms with Crippen molar-refractivity contribution in [2.24, 2.45) is 0 Å². The van der Waals surface area contributed by atoms with Crippen molar-refractivity contribution in [1.29, 1.82) is 0 Å². The first-order valence-electron chi connectivity index (χ1n) is 10.0. The highest BCUT2D eigenvalue weighted by molar-refractivity contribution is 5.63. The van der Waals surface area contributed by atoms with E-state index in [-0.39, 0.29) is 6.23 Å². The van der Waals surface area contributed by atoms with Crippen molar-refractivity contribution in [1.82, 2.24) is 0 Å². The standard InChI is InChI=1S/C26H23NO2/c1-3-10-20(11-4-1)26(21-12-5-2-6-13-21)23-15-7-8-16-24(23)27-25(29-26)18-17-22-14-9-19-28-22/h1-16,19,25,27H,17-18H2. The smallest absolute Gasteiger partial charge is 0.148 e. The zero-order valence-corrected chi connectivity index (χ0v) is 16.1. The molecule has 144 valence electrons. The van der Waals surface area contributed by atoms with Crippen LogP contribution in [0.3, 0.4) is 0 Å². The molecular weight excluding hydrogens is 358 g/mol. The normalized spacial score (nSPS) is 17.3. The highest BCUT2D eigenvalue weighted by atomic mass is 16.5. The van der Waals surface area contributed by atoms with Crippen LogP contribution in [0.25, 0.3) is 0 Å². The van der Waals surface area contributed by atoms with Gasteiger partial charge in [0.05, 0.1) is 6.26 Å². The van der Waals surface area contributed by atoms with Gasteiger partial charge in [0.15, 0.2) is 0 Å². The lowest BCUT2D eigenvalue weighted by Gasteiger charge is -2.44. The quantitative estimate of drug-likeness (QED) is 0.462. The largest absolute Gasteiger partial charge is 0.469 e. The molecule has 1 unspecified atom stereocenters. The number of aryl methyl sites for hydroxylation is 1. The van der Waals surface area contributed by atoms with Crippen LogP contribution in [0.5, 0.6) is 0 Å². The Hall–Kier alpha value is -3.30. The van der Waals surface area contributed by atoms with E-state index >= 15 is 0 Å². The molecule has 29 heavy (non-hydrogen) atoms. The molecule has 1 aliphatic rings. The first kappa shape index (κ1) is 17.8. The second-order valence-corrected chi connectivity index (χ2v) is 7.33. The van der Waals surface area contributed by atoms with Gasteiger partial charge in [-0.25, -0.2) is 0 Å². The van der Waals surface area contributed by atoms with E-state index in [9.17, 15) is 0 Å². The summed E-state index contributed by atoms with van der Waals surface area (Å²) in [5.41, 5.74) is 3.83. The van der Waals surface area contributed by atoms with Gasteiger partial charge in [-0.1, -0.05) is 78.9 Å². The number of fused-ring (bicyclic) bond motifs is 1. The molecule has 3 aromatic carbocycles. The summed E-state index contributed by atoms with van der Waals surface area (Å²) in [7, 11) is 0. The van der Waals surface area contributed by atoms with Gasteiger partial charge in [0.1, 0.15) is 17.6 Å². The van der Waals surface area contributed by atoms with Gasteiger partial charge in [0, 0.05) is 17.7 Å². The Morgan fingerprint density at radius 3 is 2.03 bits per heavy atom. The molecule has 0 amide bonds. The summed E-state index contributed by atoms with van der Waals surface area (Å²) in [6.07, 6.45) is 3.20. The van der Waals surface area contributed by atoms with Gasteiger partial charge in [-0.15, -0.1) is 0 Å². The first-order valence-corrected chi connectivity index (χ1v) is 10.0. The van der Waals surface area contributed by atoms with Gasteiger partial charge in [-0.2, -0.15) is 0 Å². The van der Waals surface area contributed by atoms with Gasteiger partial charge in [-0.3, -0.25) is 0 Å². The molecule has 0 saturated heterocycles. The monoisotopic (exact) mass is 381 g/mol. The van der Waals surface area contributed by atoms with E-state index in [1.54, 1.807) is 6.26 Å². The van der Waals surface area contributed by atoms with Crippen molar-refractivity contribution in [2.75, 3.05) is 5.32 Å². The number of furan rings is 1. The predicted molar refractivity (Wildman–Crippen MR) is 115 cm³/mol. The highest BCUT2D eigenvalue weighted by Gasteiger charge is 2.44. The minimum Gasteiger partial charge on any atom is -0.469 e. The summed E-state index contributed by atoms with van der Waals surface area (Å²) in [6.45, 7) is 0. The molecule has 3 nitrogen and oxygen atoms in total. The third kappa shape index (κ3) is 3.24. The maximum Gasteiger partial charge on any atom is 0.148 e. The van der Waals surface area contributed by atoms with Crippen LogP contribution in [-0.4, -0.2) is 6.23 Å². The maximum atomic E-state index is 6.92. The first-order chi connectivity index (χ1) is 14.4. The van der Waals surface area contributed by atoms with Crippen molar-refractivity contribution in [3.05, 3.63) is 126 Å². The number of nitrogens with one attached hydrogen (secondary N) is 1. The third-order valence-corrected chi connectivity index (χ3v) is 5.54. The zero-order valence-electron chi connectivity index (χ0n) is 16.1. The maximum absolute atomic E-state index is 6.92. The molecule has 3 heteroatoms. The Morgan fingerprint density at radius 2 is 1.38 bits per heavy atom.